The molecule has 3 rings (SSSR count). The molecule has 0 bridgehead atoms. The van der Waals surface area contributed by atoms with Crippen LogP contribution in [-0.4, -0.2) is 50.4 Å². The maximum absolute atomic E-state index is 13.1. The van der Waals surface area contributed by atoms with Crippen molar-refractivity contribution in [1.29, 1.82) is 0 Å². The van der Waals surface area contributed by atoms with Crippen molar-refractivity contribution in [3.8, 4) is 0 Å². The molecule has 2 heterocycles. The number of rotatable bonds is 16. The van der Waals surface area contributed by atoms with E-state index < -0.39 is 24.3 Å². The number of unbranched alkanes of at least 4 members (excludes halogenated alkanes) is 4. The van der Waals surface area contributed by atoms with Gasteiger partial charge in [0.1, 0.15) is 5.78 Å². The molecule has 0 N–H and O–H groups in total. The van der Waals surface area contributed by atoms with Crippen molar-refractivity contribution in [3.63, 3.8) is 0 Å². The maximum Gasteiger partial charge on any atom is 0.366 e. The minimum atomic E-state index is -1.59. The van der Waals surface area contributed by atoms with E-state index in [-0.39, 0.29) is 12.3 Å². The highest BCUT2D eigenvalue weighted by Gasteiger charge is 2.47. The van der Waals surface area contributed by atoms with Gasteiger partial charge in [0, 0.05) is 32.0 Å². The van der Waals surface area contributed by atoms with E-state index in [4.69, 9.17) is 23.7 Å². The molecule has 0 radical (unpaired) electrons. The molecule has 4 atom stereocenters. The number of carbonyl (C=O) groups is 2. The first-order valence-electron chi connectivity index (χ1n) is 15.1. The van der Waals surface area contributed by atoms with Crippen molar-refractivity contribution in [2.24, 2.45) is 11.8 Å². The van der Waals surface area contributed by atoms with E-state index in [2.05, 4.69) is 25.2 Å². The van der Waals surface area contributed by atoms with Gasteiger partial charge in [-0.15, -0.1) is 0 Å². The molecule has 3 aliphatic rings. The molecule has 38 heavy (non-hydrogen) atoms. The topological polar surface area (TPSA) is 80.3 Å². The average Bonchev–Trinajstić information content (AvgIpc) is 3.29. The molecule has 216 valence electrons. The monoisotopic (exact) mass is 534 g/mol. The summed E-state index contributed by atoms with van der Waals surface area (Å²) in [5.74, 6) is -1.43. The van der Waals surface area contributed by atoms with Crippen LogP contribution >= 0.6 is 0 Å². The van der Waals surface area contributed by atoms with E-state index in [0.29, 0.717) is 57.0 Å². The summed E-state index contributed by atoms with van der Waals surface area (Å²) in [6, 6.07) is 0. The summed E-state index contributed by atoms with van der Waals surface area (Å²) in [5, 5.41) is 0. The second kappa shape index (κ2) is 17.2. The van der Waals surface area contributed by atoms with E-state index in [1.807, 2.05) is 6.08 Å². The highest BCUT2D eigenvalue weighted by atomic mass is 16.8. The van der Waals surface area contributed by atoms with Gasteiger partial charge >= 0.3 is 5.97 Å². The third-order valence-corrected chi connectivity index (χ3v) is 7.87. The molecule has 0 aromatic heterocycles. The third kappa shape index (κ3) is 9.89. The van der Waals surface area contributed by atoms with E-state index in [1.165, 1.54) is 32.8 Å². The molecule has 1 aliphatic carbocycles. The Morgan fingerprint density at radius 3 is 2.24 bits per heavy atom. The Kier molecular flexibility index (Phi) is 14.0. The highest BCUT2D eigenvalue weighted by Crippen LogP contribution is 2.34. The van der Waals surface area contributed by atoms with Crippen molar-refractivity contribution in [2.75, 3.05) is 20.3 Å². The van der Waals surface area contributed by atoms with Gasteiger partial charge in [0.25, 0.3) is 5.79 Å². The Balaban J connectivity index is 1.57. The molecular weight excluding hydrogens is 484 g/mol. The van der Waals surface area contributed by atoms with E-state index in [1.54, 1.807) is 0 Å². The second-order valence-corrected chi connectivity index (χ2v) is 10.9. The highest BCUT2D eigenvalue weighted by molar-refractivity contribution is 5.83. The van der Waals surface area contributed by atoms with Gasteiger partial charge in [-0.2, -0.15) is 0 Å². The molecule has 0 spiro atoms. The number of esters is 1. The van der Waals surface area contributed by atoms with E-state index in [0.717, 1.165) is 38.5 Å². The molecule has 7 heteroatoms. The van der Waals surface area contributed by atoms with Gasteiger partial charge in [0.05, 0.1) is 7.11 Å². The van der Waals surface area contributed by atoms with Gasteiger partial charge in [-0.05, 0) is 76.5 Å². The number of allylic oxidation sites excluding steroid dienone is 4. The average molecular weight is 535 g/mol. The molecule has 3 fully saturated rings. The lowest BCUT2D eigenvalue weighted by Crippen LogP contribution is -2.51. The normalized spacial score (nSPS) is 28.2. The molecule has 2 aliphatic heterocycles. The Morgan fingerprint density at radius 2 is 1.63 bits per heavy atom. The SMILES string of the molecule is CCCCCC/C=C/[C@H]1CCC(=O)[C@@H]1C/C=C\CCC(OC1CCCCO1)(OC1CCCCO1)C(=O)OC. The Morgan fingerprint density at radius 1 is 0.921 bits per heavy atom. The molecule has 0 aromatic carbocycles. The molecule has 2 unspecified atom stereocenters. The molecule has 7 nitrogen and oxygen atoms in total. The van der Waals surface area contributed by atoms with Crippen LogP contribution in [0, 0.1) is 11.8 Å². The largest absolute Gasteiger partial charge is 0.465 e. The number of ether oxygens (including phenoxy) is 5. The van der Waals surface area contributed by atoms with Gasteiger partial charge in [-0.25, -0.2) is 4.79 Å². The van der Waals surface area contributed by atoms with E-state index in [9.17, 15) is 9.59 Å². The molecule has 2 saturated heterocycles. The number of carbonyl (C=O) groups excluding carboxylic acids is 2. The summed E-state index contributed by atoms with van der Waals surface area (Å²) < 4.78 is 29.2. The van der Waals surface area contributed by atoms with Gasteiger partial charge < -0.3 is 23.7 Å². The minimum Gasteiger partial charge on any atom is -0.465 e. The van der Waals surface area contributed by atoms with Gasteiger partial charge in [-0.3, -0.25) is 4.79 Å². The van der Waals surface area contributed by atoms with Crippen molar-refractivity contribution in [1.82, 2.24) is 0 Å². The van der Waals surface area contributed by atoms with Gasteiger partial charge in [0.2, 0.25) is 0 Å². The first-order valence-corrected chi connectivity index (χ1v) is 15.1. The van der Waals surface area contributed by atoms with Crippen molar-refractivity contribution in [3.05, 3.63) is 24.3 Å². The lowest BCUT2D eigenvalue weighted by Gasteiger charge is -2.38. The Hall–Kier alpha value is -1.54. The summed E-state index contributed by atoms with van der Waals surface area (Å²) in [4.78, 5) is 25.6. The molecule has 1 saturated carbocycles. The van der Waals surface area contributed by atoms with Gasteiger partial charge in [0.15, 0.2) is 12.6 Å². The summed E-state index contributed by atoms with van der Waals surface area (Å²) in [5.41, 5.74) is 0. The van der Waals surface area contributed by atoms with Crippen LogP contribution in [0.4, 0.5) is 0 Å². The second-order valence-electron chi connectivity index (χ2n) is 10.9. The lowest BCUT2D eigenvalue weighted by atomic mass is 9.91. The van der Waals surface area contributed by atoms with Crippen LogP contribution in [-0.2, 0) is 33.3 Å². The zero-order valence-corrected chi connectivity index (χ0v) is 23.7. The zero-order valence-electron chi connectivity index (χ0n) is 23.7. The summed E-state index contributed by atoms with van der Waals surface area (Å²) in [6.45, 7) is 3.43. The van der Waals surface area contributed by atoms with Crippen LogP contribution in [0.1, 0.15) is 110 Å². The van der Waals surface area contributed by atoms with Crippen LogP contribution in [0.25, 0.3) is 0 Å². The number of hydrogen-bond acceptors (Lipinski definition) is 7. The van der Waals surface area contributed by atoms with Crippen LogP contribution in [0.2, 0.25) is 0 Å². The maximum atomic E-state index is 13.1. The Bertz CT molecular complexity index is 729. The summed E-state index contributed by atoms with van der Waals surface area (Å²) in [6.07, 6.45) is 22.3. The number of methoxy groups -OCH3 is 1. The molecular formula is C31H50O7. The summed E-state index contributed by atoms with van der Waals surface area (Å²) >= 11 is 0. The van der Waals surface area contributed by atoms with Gasteiger partial charge in [-0.1, -0.05) is 50.5 Å². The van der Waals surface area contributed by atoms with Crippen molar-refractivity contribution in [2.45, 2.75) is 128 Å². The minimum absolute atomic E-state index is 0.0438. The number of Topliss-reactive ketones (excluding diaryl/α,β-unsaturated/α-hetero) is 1. The number of ketones is 1. The fourth-order valence-corrected chi connectivity index (χ4v) is 5.60. The zero-order chi connectivity index (χ0) is 27.1. The lowest BCUT2D eigenvalue weighted by molar-refractivity contribution is -0.352. The predicted octanol–water partition coefficient (Wildman–Crippen LogP) is 6.79. The van der Waals surface area contributed by atoms with Crippen molar-refractivity contribution >= 4 is 11.8 Å². The fourth-order valence-electron chi connectivity index (χ4n) is 5.60. The van der Waals surface area contributed by atoms with Crippen molar-refractivity contribution < 1.29 is 33.3 Å². The van der Waals surface area contributed by atoms with Crippen LogP contribution < -0.4 is 0 Å². The smallest absolute Gasteiger partial charge is 0.366 e. The summed E-state index contributed by atoms with van der Waals surface area (Å²) in [7, 11) is 1.35. The molecule has 0 aromatic rings. The standard InChI is InChI=1S/C31H50O7/c1-3-4-5-6-7-9-16-25-20-21-27(32)26(25)17-10-8-13-22-31(30(33)34-2,37-28-18-11-14-23-35-28)38-29-19-12-15-24-36-29/h8-10,16,25-26,28-29H,3-7,11-15,17-24H2,1-2H3/b10-8-,16-9+/t25-,26+,28?,29?,31?/m0/s1. The molecule has 0 amide bonds. The van der Waals surface area contributed by atoms with Crippen LogP contribution in [0.3, 0.4) is 0 Å². The fraction of sp³-hybridized carbons (Fsp3) is 0.806. The van der Waals surface area contributed by atoms with Crippen LogP contribution in [0.15, 0.2) is 24.3 Å². The quantitative estimate of drug-likeness (QED) is 0.0933. The number of hydrogen-bond donors (Lipinski definition) is 0. The first-order chi connectivity index (χ1) is 18.6. The van der Waals surface area contributed by atoms with E-state index >= 15 is 0 Å². The van der Waals surface area contributed by atoms with Crippen LogP contribution in [0.5, 0.6) is 0 Å². The third-order valence-electron chi connectivity index (χ3n) is 7.87. The Labute approximate surface area is 229 Å². The predicted molar refractivity (Wildman–Crippen MR) is 146 cm³/mol. The first kappa shape index (κ1) is 31.0.